The Morgan fingerprint density at radius 1 is 0.500 bits per heavy atom. The van der Waals surface area contributed by atoms with Crippen molar-refractivity contribution in [3.8, 4) is 29.1 Å². The van der Waals surface area contributed by atoms with Crippen molar-refractivity contribution in [2.24, 2.45) is 10.2 Å². The number of benzene rings is 5. The van der Waals surface area contributed by atoms with E-state index in [0.717, 1.165) is 12.8 Å². The molecule has 56 heavy (non-hydrogen) atoms. The Balaban J connectivity index is 1.03. The van der Waals surface area contributed by atoms with Crippen molar-refractivity contribution in [3.05, 3.63) is 144 Å². The highest BCUT2D eigenvalue weighted by Crippen LogP contribution is 2.24. The SMILES string of the molecule is CCCCCCCCCCCCOc1ccc(C(=O)Oc2ccc(C(=O)Oc3cccc(C(=O)Oc4ccc(N=Nc5ccc(C#N)cc5)cc4)c3)cc2)cc1. The molecule has 0 unspecified atom stereocenters. The van der Waals surface area contributed by atoms with E-state index in [1.54, 1.807) is 91.0 Å². The normalized spacial score (nSPS) is 10.8. The minimum absolute atomic E-state index is 0.148. The lowest BCUT2D eigenvalue weighted by Gasteiger charge is -2.09. The maximum absolute atomic E-state index is 12.9. The molecular formula is C46H45N3O7. The van der Waals surface area contributed by atoms with Crippen LogP contribution in [0.4, 0.5) is 11.4 Å². The number of nitrogens with zero attached hydrogens (tertiary/aromatic N) is 3. The molecular weight excluding hydrogens is 707 g/mol. The van der Waals surface area contributed by atoms with Crippen molar-refractivity contribution in [1.29, 1.82) is 5.26 Å². The molecule has 10 nitrogen and oxygen atoms in total. The van der Waals surface area contributed by atoms with Crippen molar-refractivity contribution in [1.82, 2.24) is 0 Å². The predicted octanol–water partition coefficient (Wildman–Crippen LogP) is 11.9. The van der Waals surface area contributed by atoms with E-state index >= 15 is 0 Å². The number of ether oxygens (including phenoxy) is 4. The Morgan fingerprint density at radius 2 is 0.946 bits per heavy atom. The quantitative estimate of drug-likeness (QED) is 0.0332. The van der Waals surface area contributed by atoms with Crippen molar-refractivity contribution in [2.75, 3.05) is 6.61 Å². The molecule has 0 aliphatic carbocycles. The van der Waals surface area contributed by atoms with Gasteiger partial charge in [-0.1, -0.05) is 70.8 Å². The Bertz CT molecular complexity index is 2090. The first kappa shape index (κ1) is 40.6. The van der Waals surface area contributed by atoms with Gasteiger partial charge in [-0.05, 0) is 122 Å². The second-order valence-electron chi connectivity index (χ2n) is 13.1. The van der Waals surface area contributed by atoms with Gasteiger partial charge in [0.25, 0.3) is 0 Å². The van der Waals surface area contributed by atoms with Gasteiger partial charge < -0.3 is 18.9 Å². The van der Waals surface area contributed by atoms with Crippen LogP contribution in [-0.2, 0) is 0 Å². The molecule has 10 heteroatoms. The average Bonchev–Trinajstić information content (AvgIpc) is 3.23. The van der Waals surface area contributed by atoms with Crippen LogP contribution in [0.1, 0.15) is 108 Å². The summed E-state index contributed by atoms with van der Waals surface area (Å²) < 4.78 is 22.3. The maximum atomic E-state index is 12.9. The number of hydrogen-bond acceptors (Lipinski definition) is 10. The second-order valence-corrected chi connectivity index (χ2v) is 13.1. The zero-order valence-electron chi connectivity index (χ0n) is 31.5. The van der Waals surface area contributed by atoms with Crippen LogP contribution in [-0.4, -0.2) is 24.5 Å². The second kappa shape index (κ2) is 21.9. The van der Waals surface area contributed by atoms with Gasteiger partial charge in [0.05, 0.1) is 46.3 Å². The number of esters is 3. The van der Waals surface area contributed by atoms with Gasteiger partial charge in [-0.15, -0.1) is 0 Å². The summed E-state index contributed by atoms with van der Waals surface area (Å²) in [5.74, 6) is -0.438. The van der Waals surface area contributed by atoms with E-state index in [0.29, 0.717) is 34.9 Å². The Kier molecular flexibility index (Phi) is 15.9. The van der Waals surface area contributed by atoms with Crippen molar-refractivity contribution < 1.29 is 33.3 Å². The van der Waals surface area contributed by atoms with Gasteiger partial charge in [0.2, 0.25) is 0 Å². The smallest absolute Gasteiger partial charge is 0.343 e. The monoisotopic (exact) mass is 751 g/mol. The van der Waals surface area contributed by atoms with E-state index in [2.05, 4.69) is 23.2 Å². The molecule has 0 saturated carbocycles. The van der Waals surface area contributed by atoms with Gasteiger partial charge in [-0.25, -0.2) is 14.4 Å². The van der Waals surface area contributed by atoms with Gasteiger partial charge in [-0.3, -0.25) is 0 Å². The first-order chi connectivity index (χ1) is 27.4. The summed E-state index contributed by atoms with van der Waals surface area (Å²) in [6.07, 6.45) is 12.6. The zero-order chi connectivity index (χ0) is 39.4. The third-order valence-electron chi connectivity index (χ3n) is 8.76. The zero-order valence-corrected chi connectivity index (χ0v) is 31.5. The van der Waals surface area contributed by atoms with Crippen LogP contribution in [0.15, 0.2) is 132 Å². The van der Waals surface area contributed by atoms with E-state index < -0.39 is 17.9 Å². The number of rotatable bonds is 20. The summed E-state index contributed by atoms with van der Waals surface area (Å²) in [6.45, 7) is 2.88. The highest BCUT2D eigenvalue weighted by Gasteiger charge is 2.15. The first-order valence-corrected chi connectivity index (χ1v) is 19.0. The summed E-state index contributed by atoms with van der Waals surface area (Å²) >= 11 is 0. The standard InChI is InChI=1S/C46H45N3O7/c1-2-3-4-5-6-7-8-9-10-11-31-53-40-25-17-35(18-26-40)44(50)54-41-27-19-36(20-28-41)45(51)56-43-14-12-13-37(32-43)46(52)55-42-29-23-39(24-30-42)49-48-38-21-15-34(33-47)16-22-38/h12-30,32H,2-11,31H2,1H3. The number of unbranched alkanes of at least 4 members (excludes halogenated alkanes) is 9. The molecule has 5 aromatic carbocycles. The lowest BCUT2D eigenvalue weighted by atomic mass is 10.1. The minimum Gasteiger partial charge on any atom is -0.494 e. The summed E-state index contributed by atoms with van der Waals surface area (Å²) in [6, 6.07) is 34.1. The van der Waals surface area contributed by atoms with Gasteiger partial charge in [-0.2, -0.15) is 15.5 Å². The number of nitriles is 1. The van der Waals surface area contributed by atoms with Gasteiger partial charge in [0, 0.05) is 0 Å². The third-order valence-corrected chi connectivity index (χ3v) is 8.76. The lowest BCUT2D eigenvalue weighted by Crippen LogP contribution is -2.11. The van der Waals surface area contributed by atoms with Crippen LogP contribution in [0, 0.1) is 11.3 Å². The number of carbonyl (C=O) groups excluding carboxylic acids is 3. The molecule has 286 valence electrons. The lowest BCUT2D eigenvalue weighted by molar-refractivity contribution is 0.0714. The molecule has 0 saturated heterocycles. The van der Waals surface area contributed by atoms with Gasteiger partial charge in [0.1, 0.15) is 23.0 Å². The number of carbonyl (C=O) groups is 3. The molecule has 0 aromatic heterocycles. The van der Waals surface area contributed by atoms with E-state index in [4.69, 9.17) is 24.2 Å². The molecule has 0 radical (unpaired) electrons. The predicted molar refractivity (Wildman–Crippen MR) is 213 cm³/mol. The van der Waals surface area contributed by atoms with Gasteiger partial charge >= 0.3 is 17.9 Å². The van der Waals surface area contributed by atoms with Crippen LogP contribution in [0.3, 0.4) is 0 Å². The molecule has 0 aliphatic rings. The van der Waals surface area contributed by atoms with Crippen LogP contribution >= 0.6 is 0 Å². The minimum atomic E-state index is -0.660. The van der Waals surface area contributed by atoms with Crippen LogP contribution in [0.25, 0.3) is 0 Å². The van der Waals surface area contributed by atoms with E-state index in [9.17, 15) is 14.4 Å². The first-order valence-electron chi connectivity index (χ1n) is 19.0. The molecule has 0 amide bonds. The Labute approximate surface area is 327 Å². The number of azo groups is 1. The fourth-order valence-electron chi connectivity index (χ4n) is 5.61. The molecule has 0 N–H and O–H groups in total. The number of hydrogen-bond donors (Lipinski definition) is 0. The van der Waals surface area contributed by atoms with Crippen molar-refractivity contribution >= 4 is 29.3 Å². The summed E-state index contributed by atoms with van der Waals surface area (Å²) in [7, 11) is 0. The molecule has 0 atom stereocenters. The van der Waals surface area contributed by atoms with Crippen LogP contribution in [0.5, 0.6) is 23.0 Å². The molecule has 0 spiro atoms. The molecule has 0 heterocycles. The topological polar surface area (TPSA) is 137 Å². The van der Waals surface area contributed by atoms with Crippen molar-refractivity contribution in [2.45, 2.75) is 71.1 Å². The Hall–Kier alpha value is -6.60. The van der Waals surface area contributed by atoms with E-state index in [1.807, 2.05) is 0 Å². The molecule has 5 aromatic rings. The molecule has 5 rings (SSSR count). The summed E-state index contributed by atoms with van der Waals surface area (Å²) in [5.41, 5.74) is 2.44. The molecule has 0 aliphatic heterocycles. The fraction of sp³-hybridized carbons (Fsp3) is 0.261. The average molecular weight is 752 g/mol. The highest BCUT2D eigenvalue weighted by atomic mass is 16.5. The summed E-state index contributed by atoms with van der Waals surface area (Å²) in [4.78, 5) is 38.5. The van der Waals surface area contributed by atoms with Crippen LogP contribution < -0.4 is 18.9 Å². The summed E-state index contributed by atoms with van der Waals surface area (Å²) in [5, 5.41) is 17.2. The molecule has 0 fully saturated rings. The third kappa shape index (κ3) is 13.4. The largest absolute Gasteiger partial charge is 0.494 e. The highest BCUT2D eigenvalue weighted by molar-refractivity contribution is 5.94. The maximum Gasteiger partial charge on any atom is 0.343 e. The fourth-order valence-corrected chi connectivity index (χ4v) is 5.61. The van der Waals surface area contributed by atoms with Gasteiger partial charge in [0.15, 0.2) is 0 Å². The van der Waals surface area contributed by atoms with Crippen LogP contribution in [0.2, 0.25) is 0 Å². The van der Waals surface area contributed by atoms with E-state index in [-0.39, 0.29) is 28.4 Å². The Morgan fingerprint density at radius 3 is 1.48 bits per heavy atom. The molecule has 0 bridgehead atoms. The van der Waals surface area contributed by atoms with Crippen molar-refractivity contribution in [3.63, 3.8) is 0 Å². The van der Waals surface area contributed by atoms with E-state index in [1.165, 1.54) is 81.7 Å².